The van der Waals surface area contributed by atoms with Crippen LogP contribution in [-0.4, -0.2) is 64.3 Å². The predicted octanol–water partition coefficient (Wildman–Crippen LogP) is 4.34. The summed E-state index contributed by atoms with van der Waals surface area (Å²) in [7, 11) is 0. The zero-order valence-electron chi connectivity index (χ0n) is 18.4. The van der Waals surface area contributed by atoms with Crippen LogP contribution in [0.5, 0.6) is 0 Å². The number of rotatable bonds is 3. The minimum Gasteiger partial charge on any atom is -0.342 e. The minimum atomic E-state index is -0.0717. The van der Waals surface area contributed by atoms with Crippen LogP contribution in [0.15, 0.2) is 17.1 Å². The second kappa shape index (κ2) is 8.81. The van der Waals surface area contributed by atoms with E-state index in [2.05, 4.69) is 49.6 Å². The molecule has 0 N–H and O–H groups in total. The van der Waals surface area contributed by atoms with Crippen molar-refractivity contribution in [2.24, 2.45) is 4.99 Å². The first kappa shape index (κ1) is 20.9. The van der Waals surface area contributed by atoms with Gasteiger partial charge in [0, 0.05) is 24.7 Å². The Hall–Kier alpha value is -1.33. The van der Waals surface area contributed by atoms with E-state index < -0.39 is 0 Å². The van der Waals surface area contributed by atoms with Crippen LogP contribution in [0.4, 0.5) is 0 Å². The van der Waals surface area contributed by atoms with Gasteiger partial charge in [-0.1, -0.05) is 24.2 Å². The van der Waals surface area contributed by atoms with Crippen molar-refractivity contribution in [3.8, 4) is 0 Å². The molecule has 5 heteroatoms. The third-order valence-corrected chi connectivity index (χ3v) is 8.39. The minimum absolute atomic E-state index is 0.0447. The second-order valence-electron chi connectivity index (χ2n) is 9.12. The van der Waals surface area contributed by atoms with E-state index in [4.69, 9.17) is 4.99 Å². The molecule has 2 saturated heterocycles. The van der Waals surface area contributed by atoms with Crippen molar-refractivity contribution < 1.29 is 4.79 Å². The fraction of sp³-hybridized carbons (Fsp3) is 0.667. The highest BCUT2D eigenvalue weighted by Crippen LogP contribution is 2.34. The standard InChI is InChI=1S/C24H35N3OS/c1-16-14-18(3)21(15-17(16)2)23-25-19(4)22(29-23)24(28)27-12-8-20(9-13-27)26-10-6-5-7-11-26/h14-15,19-20,22H,5-13H2,1-4H3. The summed E-state index contributed by atoms with van der Waals surface area (Å²) >= 11 is 1.68. The monoisotopic (exact) mass is 413 g/mol. The molecule has 0 bridgehead atoms. The Labute approximate surface area is 180 Å². The maximum atomic E-state index is 13.3. The van der Waals surface area contributed by atoms with Crippen molar-refractivity contribution in [3.05, 3.63) is 34.4 Å². The number of nitrogens with zero attached hydrogens (tertiary/aromatic N) is 3. The predicted molar refractivity (Wildman–Crippen MR) is 123 cm³/mol. The summed E-state index contributed by atoms with van der Waals surface area (Å²) < 4.78 is 0. The molecule has 158 valence electrons. The molecule has 2 unspecified atom stereocenters. The Balaban J connectivity index is 1.38. The van der Waals surface area contributed by atoms with Crippen LogP contribution >= 0.6 is 11.8 Å². The Morgan fingerprint density at radius 3 is 2.31 bits per heavy atom. The van der Waals surface area contributed by atoms with Crippen LogP contribution in [0.25, 0.3) is 0 Å². The van der Waals surface area contributed by atoms with Crippen LogP contribution in [-0.2, 0) is 4.79 Å². The lowest BCUT2D eigenvalue weighted by molar-refractivity contribution is -0.132. The first-order valence-electron chi connectivity index (χ1n) is 11.3. The highest BCUT2D eigenvalue weighted by molar-refractivity contribution is 8.15. The van der Waals surface area contributed by atoms with Crippen LogP contribution in [0.3, 0.4) is 0 Å². The zero-order chi connectivity index (χ0) is 20.5. The summed E-state index contributed by atoms with van der Waals surface area (Å²) in [5.74, 6) is 0.292. The summed E-state index contributed by atoms with van der Waals surface area (Å²) in [6.45, 7) is 12.9. The zero-order valence-corrected chi connectivity index (χ0v) is 19.2. The van der Waals surface area contributed by atoms with E-state index in [9.17, 15) is 4.79 Å². The van der Waals surface area contributed by atoms with Crippen molar-refractivity contribution >= 4 is 22.7 Å². The maximum absolute atomic E-state index is 13.3. The van der Waals surface area contributed by atoms with Gasteiger partial charge in [-0.3, -0.25) is 9.79 Å². The van der Waals surface area contributed by atoms with Gasteiger partial charge in [-0.05, 0) is 89.2 Å². The van der Waals surface area contributed by atoms with Crippen molar-refractivity contribution in [1.82, 2.24) is 9.80 Å². The molecule has 0 saturated carbocycles. The lowest BCUT2D eigenvalue weighted by atomic mass is 9.99. The molecule has 3 aliphatic heterocycles. The number of aryl methyl sites for hydroxylation is 3. The molecule has 3 heterocycles. The number of likely N-dealkylation sites (tertiary alicyclic amines) is 2. The number of piperidine rings is 2. The molecule has 4 nitrogen and oxygen atoms in total. The molecule has 4 rings (SSSR count). The summed E-state index contributed by atoms with van der Waals surface area (Å²) in [6.07, 6.45) is 6.32. The first-order valence-corrected chi connectivity index (χ1v) is 12.2. The van der Waals surface area contributed by atoms with E-state index in [1.54, 1.807) is 11.8 Å². The van der Waals surface area contributed by atoms with Gasteiger partial charge in [0.15, 0.2) is 0 Å². The van der Waals surface area contributed by atoms with Gasteiger partial charge in [-0.25, -0.2) is 0 Å². The summed E-state index contributed by atoms with van der Waals surface area (Å²) in [6, 6.07) is 5.19. The second-order valence-corrected chi connectivity index (χ2v) is 10.2. The van der Waals surface area contributed by atoms with Crippen molar-refractivity contribution in [2.45, 2.75) is 77.1 Å². The number of amides is 1. The number of hydrogen-bond donors (Lipinski definition) is 0. The number of benzene rings is 1. The van der Waals surface area contributed by atoms with Gasteiger partial charge in [0.2, 0.25) is 5.91 Å². The van der Waals surface area contributed by atoms with Gasteiger partial charge in [0.25, 0.3) is 0 Å². The summed E-state index contributed by atoms with van der Waals surface area (Å²) in [4.78, 5) is 23.0. The average Bonchev–Trinajstić information content (AvgIpc) is 3.12. The highest BCUT2D eigenvalue weighted by Gasteiger charge is 2.38. The molecule has 0 radical (unpaired) electrons. The SMILES string of the molecule is Cc1cc(C)c(C2=NC(C)C(C(=O)N3CCC(N4CCCCC4)CC3)S2)cc1C. The van der Waals surface area contributed by atoms with Crippen LogP contribution in [0.2, 0.25) is 0 Å². The molecule has 29 heavy (non-hydrogen) atoms. The third kappa shape index (κ3) is 4.41. The van der Waals surface area contributed by atoms with Gasteiger partial charge in [0.05, 0.1) is 11.1 Å². The Morgan fingerprint density at radius 1 is 0.966 bits per heavy atom. The van der Waals surface area contributed by atoms with Crippen LogP contribution < -0.4 is 0 Å². The molecule has 3 aliphatic rings. The van der Waals surface area contributed by atoms with Gasteiger partial charge >= 0.3 is 0 Å². The lowest BCUT2D eigenvalue weighted by Crippen LogP contribution is -2.50. The number of thioether (sulfide) groups is 1. The van der Waals surface area contributed by atoms with Gasteiger partial charge < -0.3 is 9.80 Å². The molecule has 1 amide bonds. The third-order valence-electron chi connectivity index (χ3n) is 7.00. The van der Waals surface area contributed by atoms with E-state index in [1.807, 2.05) is 0 Å². The van der Waals surface area contributed by atoms with Crippen LogP contribution in [0, 0.1) is 20.8 Å². The molecule has 2 fully saturated rings. The molecular weight excluding hydrogens is 378 g/mol. The van der Waals surface area contributed by atoms with E-state index >= 15 is 0 Å². The Bertz CT molecular complexity index is 792. The maximum Gasteiger partial charge on any atom is 0.238 e. The first-order chi connectivity index (χ1) is 13.9. The Morgan fingerprint density at radius 2 is 1.62 bits per heavy atom. The quantitative estimate of drug-likeness (QED) is 0.740. The Kier molecular flexibility index (Phi) is 6.35. The van der Waals surface area contributed by atoms with Crippen molar-refractivity contribution in [2.75, 3.05) is 26.2 Å². The summed E-state index contributed by atoms with van der Waals surface area (Å²) in [5.41, 5.74) is 5.05. The average molecular weight is 414 g/mol. The smallest absolute Gasteiger partial charge is 0.238 e. The van der Waals surface area contributed by atoms with Gasteiger partial charge in [-0.15, -0.1) is 0 Å². The number of carbonyl (C=O) groups is 1. The van der Waals surface area contributed by atoms with Crippen molar-refractivity contribution in [1.29, 1.82) is 0 Å². The molecule has 0 aliphatic carbocycles. The van der Waals surface area contributed by atoms with E-state index in [1.165, 1.54) is 54.6 Å². The lowest BCUT2D eigenvalue weighted by Gasteiger charge is -2.40. The van der Waals surface area contributed by atoms with E-state index in [0.29, 0.717) is 11.9 Å². The number of carbonyl (C=O) groups excluding carboxylic acids is 1. The summed E-state index contributed by atoms with van der Waals surface area (Å²) in [5, 5.41) is 0.970. The molecular formula is C24H35N3OS. The molecule has 2 atom stereocenters. The molecule has 1 aromatic carbocycles. The fourth-order valence-electron chi connectivity index (χ4n) is 5.00. The van der Waals surface area contributed by atoms with E-state index in [-0.39, 0.29) is 11.3 Å². The van der Waals surface area contributed by atoms with E-state index in [0.717, 1.165) is 31.0 Å². The highest BCUT2D eigenvalue weighted by atomic mass is 32.2. The molecule has 1 aromatic rings. The normalized spacial score (nSPS) is 26.6. The fourth-order valence-corrected chi connectivity index (χ4v) is 6.32. The number of hydrogen-bond acceptors (Lipinski definition) is 4. The van der Waals surface area contributed by atoms with Gasteiger partial charge in [-0.2, -0.15) is 0 Å². The van der Waals surface area contributed by atoms with Gasteiger partial charge in [0.1, 0.15) is 5.25 Å². The number of aliphatic imine (C=N–C) groups is 1. The van der Waals surface area contributed by atoms with Crippen LogP contribution in [0.1, 0.15) is 61.3 Å². The largest absolute Gasteiger partial charge is 0.342 e. The van der Waals surface area contributed by atoms with Crippen molar-refractivity contribution in [3.63, 3.8) is 0 Å². The molecule has 0 spiro atoms. The molecule has 0 aromatic heterocycles. The topological polar surface area (TPSA) is 35.9 Å².